The number of likely N-dealkylation sites (tertiary alicyclic amines) is 3. The molecule has 3 aliphatic carbocycles. The van der Waals surface area contributed by atoms with Gasteiger partial charge in [-0.25, -0.2) is 4.79 Å². The summed E-state index contributed by atoms with van der Waals surface area (Å²) in [4.78, 5) is 158. The van der Waals surface area contributed by atoms with Gasteiger partial charge in [0.2, 0.25) is 53.2 Å². The lowest BCUT2D eigenvalue weighted by atomic mass is 9.84. The number of aliphatic hydroxyl groups is 2. The van der Waals surface area contributed by atoms with Crippen molar-refractivity contribution in [3.8, 4) is 0 Å². The van der Waals surface area contributed by atoms with Gasteiger partial charge in [0.05, 0.1) is 25.3 Å². The van der Waals surface area contributed by atoms with E-state index in [9.17, 15) is 58.5 Å². The Morgan fingerprint density at radius 2 is 1.06 bits per heavy atom. The van der Waals surface area contributed by atoms with Crippen LogP contribution >= 0.6 is 0 Å². The molecule has 4 fully saturated rings. The average Bonchev–Trinajstić information content (AvgIpc) is 1.63. The van der Waals surface area contributed by atoms with Gasteiger partial charge in [0, 0.05) is 45.2 Å². The first-order chi connectivity index (χ1) is 45.9. The van der Waals surface area contributed by atoms with Crippen molar-refractivity contribution in [3.05, 3.63) is 70.8 Å². The number of hydrogen-bond donors (Lipinski definition) is 16. The maximum absolute atomic E-state index is 15.1. The minimum atomic E-state index is -1.63. The van der Waals surface area contributed by atoms with E-state index in [0.29, 0.717) is 51.4 Å². The lowest BCUT2D eigenvalue weighted by molar-refractivity contribution is -0.148. The lowest BCUT2D eigenvalue weighted by Gasteiger charge is -2.36. The Bertz CT molecular complexity index is 3200. The zero-order valence-corrected chi connectivity index (χ0v) is 54.0. The quantitative estimate of drug-likeness (QED) is 0.0191. The number of aliphatic carboxylic acids is 1. The molecule has 9 amide bonds. The third kappa shape index (κ3) is 18.9. The van der Waals surface area contributed by atoms with Crippen LogP contribution in [0.15, 0.2) is 63.5 Å². The average molecular weight is 1340 g/mol. The SMILES string of the molecule is NC(N)=NCCC[C@@H](N)C(=O)N[C@@H](CCCN=C(N)N)C(=O)N1CCC[C@H]1C(=O)N1CC(O)C[C@H]1C(=O)NCC(=O)N[C@H](C(=O)N[C@@H](CO)C(=O)N1[C@H](C(=O)N[C@@H](C(=O)N[C@@H](CCCN=C(N)N)C(=O)O)C2Cc3ccccc3C2)C[C@@H]2CCCC[C@@H]21)C1Cc2ccccc2C1. The molecule has 32 heteroatoms. The lowest BCUT2D eigenvalue weighted by Crippen LogP contribution is -2.62. The van der Waals surface area contributed by atoms with Gasteiger partial charge in [-0.3, -0.25) is 58.1 Å². The van der Waals surface area contributed by atoms with Crippen molar-refractivity contribution in [1.82, 2.24) is 46.6 Å². The fourth-order valence-corrected chi connectivity index (χ4v) is 14.5. The molecule has 0 spiro atoms. The van der Waals surface area contributed by atoms with Crippen LogP contribution in [0.2, 0.25) is 0 Å². The molecule has 1 unspecified atom stereocenters. The van der Waals surface area contributed by atoms with Gasteiger partial charge in [-0.1, -0.05) is 61.4 Å². The first-order valence-electron chi connectivity index (χ1n) is 33.2. The molecule has 0 aromatic heterocycles. The van der Waals surface area contributed by atoms with Gasteiger partial charge in [0.1, 0.15) is 48.3 Å². The first-order valence-corrected chi connectivity index (χ1v) is 33.2. The predicted molar refractivity (Wildman–Crippen MR) is 352 cm³/mol. The number of benzene rings is 2. The molecule has 12 atom stereocenters. The molecule has 23 N–H and O–H groups in total. The highest BCUT2D eigenvalue weighted by Crippen LogP contribution is 2.41. The Morgan fingerprint density at radius 3 is 1.60 bits per heavy atom. The van der Waals surface area contributed by atoms with E-state index in [-0.39, 0.29) is 108 Å². The van der Waals surface area contributed by atoms with Crippen molar-refractivity contribution < 1.29 is 63.3 Å². The van der Waals surface area contributed by atoms with Crippen LogP contribution in [0.4, 0.5) is 0 Å². The summed E-state index contributed by atoms with van der Waals surface area (Å²) >= 11 is 0. The van der Waals surface area contributed by atoms with Crippen LogP contribution in [0, 0.1) is 17.8 Å². The summed E-state index contributed by atoms with van der Waals surface area (Å²) in [5.74, 6) is -9.51. The third-order valence-corrected chi connectivity index (χ3v) is 19.3. The number of fused-ring (bicyclic) bond motifs is 3. The van der Waals surface area contributed by atoms with Crippen LogP contribution in [0.25, 0.3) is 0 Å². The number of amides is 9. The molecule has 0 radical (unpaired) electrons. The van der Waals surface area contributed by atoms with E-state index in [1.165, 1.54) is 9.80 Å². The summed E-state index contributed by atoms with van der Waals surface area (Å²) in [6.07, 6.45) is 4.65. The number of β-amino-alcohol motifs (C(OH)–C–C–N with tert-alkyl or cyclic N) is 1. The number of rotatable bonds is 31. The molecule has 2 aromatic rings. The van der Waals surface area contributed by atoms with Crippen molar-refractivity contribution in [2.24, 2.45) is 72.9 Å². The standard InChI is InChI=1S/C64H95N19O13/c65-42(16-7-21-72-62(66)67)53(87)76-43(17-8-22-73-63(68)69)58(92)81-24-10-20-47(81)60(94)82-32-41(85)30-48(82)54(88)75-31-50(86)79-51(39-25-34-11-1-2-12-35(34)26-39)56(90)78-45(33-84)59(93)83-46-19-6-5-15-38(46)29-49(83)55(89)80-52(40-27-36-13-3-4-14-37(36)28-40)57(91)77-44(61(95)96)18-9-23-74-64(70)71/h1-4,11-14,38-49,51-52,84-85H,5-10,15-33,65H2,(H,75,88)(H,76,87)(H,77,91)(H,78,90)(H,79,86)(H,80,89)(H,95,96)(H4,66,67,72)(H4,68,69,73)(H4,70,71,74)/t38-,41?,42+,43-,44-,45-,46-,47-,48-,49-,51-,52+/m0/s1. The number of nitrogens with two attached hydrogens (primary N) is 7. The Morgan fingerprint density at radius 1 is 0.552 bits per heavy atom. The van der Waals surface area contributed by atoms with Gasteiger partial charge in [-0.15, -0.1) is 0 Å². The number of aliphatic imine (C=N–C) groups is 3. The van der Waals surface area contributed by atoms with E-state index in [4.69, 9.17) is 40.1 Å². The molecule has 32 nitrogen and oxygen atoms in total. The zero-order chi connectivity index (χ0) is 69.3. The maximum atomic E-state index is 15.1. The molecular formula is C64H95N19O13. The van der Waals surface area contributed by atoms with E-state index in [1.807, 2.05) is 48.5 Å². The molecule has 1 saturated carbocycles. The van der Waals surface area contributed by atoms with Crippen LogP contribution in [0.1, 0.15) is 112 Å². The van der Waals surface area contributed by atoms with E-state index in [0.717, 1.165) is 40.0 Å². The molecule has 2 aromatic carbocycles. The fourth-order valence-electron chi connectivity index (χ4n) is 14.5. The van der Waals surface area contributed by atoms with E-state index in [2.05, 4.69) is 46.9 Å². The summed E-state index contributed by atoms with van der Waals surface area (Å²) in [5.41, 5.74) is 42.7. The normalized spacial score (nSPS) is 22.3. The monoisotopic (exact) mass is 1340 g/mol. The number of hydrogen-bond acceptors (Lipinski definition) is 16. The van der Waals surface area contributed by atoms with Crippen LogP contribution in [0.5, 0.6) is 0 Å². The summed E-state index contributed by atoms with van der Waals surface area (Å²) in [5, 5.41) is 48.5. The Balaban J connectivity index is 0.945. The van der Waals surface area contributed by atoms with Crippen molar-refractivity contribution in [1.29, 1.82) is 0 Å². The highest BCUT2D eigenvalue weighted by molar-refractivity contribution is 5.99. The molecule has 96 heavy (non-hydrogen) atoms. The molecule has 3 saturated heterocycles. The maximum Gasteiger partial charge on any atom is 0.326 e. The van der Waals surface area contributed by atoms with Gasteiger partial charge in [0.25, 0.3) is 0 Å². The van der Waals surface area contributed by atoms with Crippen LogP contribution in [0.3, 0.4) is 0 Å². The van der Waals surface area contributed by atoms with Crippen molar-refractivity contribution in [2.75, 3.05) is 45.9 Å². The van der Waals surface area contributed by atoms with E-state index < -0.39 is 151 Å². The summed E-state index contributed by atoms with van der Waals surface area (Å²) in [7, 11) is 0. The Labute approximate surface area is 556 Å². The number of carboxylic acids is 1. The van der Waals surface area contributed by atoms with E-state index in [1.54, 1.807) is 0 Å². The number of carbonyl (C=O) groups is 10. The minimum Gasteiger partial charge on any atom is -0.480 e. The van der Waals surface area contributed by atoms with Crippen LogP contribution < -0.4 is 72.0 Å². The summed E-state index contributed by atoms with van der Waals surface area (Å²) in [6, 6.07) is 3.21. The second-order valence-electron chi connectivity index (χ2n) is 26.0. The summed E-state index contributed by atoms with van der Waals surface area (Å²) < 4.78 is 0. The van der Waals surface area contributed by atoms with Gasteiger partial charge in [-0.2, -0.15) is 0 Å². The number of aliphatic hydroxyl groups excluding tert-OH is 2. The van der Waals surface area contributed by atoms with Crippen molar-refractivity contribution >= 4 is 77.0 Å². The Hall–Kier alpha value is -9.17. The zero-order valence-electron chi connectivity index (χ0n) is 54.0. The molecule has 8 rings (SSSR count). The molecule has 524 valence electrons. The van der Waals surface area contributed by atoms with Crippen LogP contribution in [-0.2, 0) is 73.6 Å². The number of nitrogens with one attached hydrogen (secondary N) is 6. The van der Waals surface area contributed by atoms with Gasteiger partial charge < -0.3 is 102 Å². The third-order valence-electron chi connectivity index (χ3n) is 19.3. The molecule has 0 bridgehead atoms. The fraction of sp³-hybridized carbons (Fsp3) is 0.609. The summed E-state index contributed by atoms with van der Waals surface area (Å²) in [6.45, 7) is -1.30. The molecular weight excluding hydrogens is 1240 g/mol. The number of nitrogens with zero attached hydrogens (tertiary/aromatic N) is 6. The second kappa shape index (κ2) is 34.0. The first kappa shape index (κ1) is 72.7. The van der Waals surface area contributed by atoms with Crippen molar-refractivity contribution in [3.63, 3.8) is 0 Å². The van der Waals surface area contributed by atoms with Gasteiger partial charge in [-0.05, 0) is 136 Å². The van der Waals surface area contributed by atoms with Crippen LogP contribution in [-0.4, -0.2) is 219 Å². The predicted octanol–water partition coefficient (Wildman–Crippen LogP) is -4.97. The second-order valence-corrected chi connectivity index (χ2v) is 26.0. The largest absolute Gasteiger partial charge is 0.480 e. The number of carbonyl (C=O) groups excluding carboxylic acids is 9. The van der Waals surface area contributed by atoms with Crippen molar-refractivity contribution in [2.45, 2.75) is 182 Å². The van der Waals surface area contributed by atoms with Gasteiger partial charge in [0.15, 0.2) is 17.9 Å². The number of guanidine groups is 3. The molecule has 3 heterocycles. The highest BCUT2D eigenvalue weighted by atomic mass is 16.4. The smallest absolute Gasteiger partial charge is 0.326 e. The highest BCUT2D eigenvalue weighted by Gasteiger charge is 2.51. The minimum absolute atomic E-state index is 0.0229. The molecule has 3 aliphatic heterocycles. The molecule has 6 aliphatic rings. The Kier molecular flexibility index (Phi) is 25.7. The topological polar surface area (TPSA) is 533 Å². The number of carboxylic acid groups (broad SMARTS) is 1. The van der Waals surface area contributed by atoms with Gasteiger partial charge >= 0.3 is 5.97 Å². The van der Waals surface area contributed by atoms with E-state index >= 15 is 4.79 Å².